The summed E-state index contributed by atoms with van der Waals surface area (Å²) in [4.78, 5) is 11.7. The highest BCUT2D eigenvalue weighted by molar-refractivity contribution is 5.85. The smallest absolute Gasteiger partial charge is 0.237 e. The zero-order valence-electron chi connectivity index (χ0n) is 12.7. The maximum absolute atomic E-state index is 11.7. The normalized spacial score (nSPS) is 20.4. The highest BCUT2D eigenvalue weighted by Crippen LogP contribution is 2.06. The van der Waals surface area contributed by atoms with Crippen molar-refractivity contribution in [3.8, 4) is 0 Å². The Hall–Kier alpha value is -1.14. The Labute approximate surface area is 137 Å². The summed E-state index contributed by atoms with van der Waals surface area (Å²) in [7, 11) is 0. The molecule has 0 aromatic heterocycles. The molecule has 1 saturated heterocycles. The van der Waals surface area contributed by atoms with E-state index in [2.05, 4.69) is 10.6 Å². The lowest BCUT2D eigenvalue weighted by molar-refractivity contribution is -0.122. The number of hydrogen-bond donors (Lipinski definition) is 3. The molecule has 22 heavy (non-hydrogen) atoms. The van der Waals surface area contributed by atoms with Crippen molar-refractivity contribution >= 4 is 18.3 Å². The Morgan fingerprint density at radius 2 is 2.09 bits per heavy atom. The number of unbranched alkanes of at least 4 members (excludes halogenated alkanes) is 1. The average Bonchev–Trinajstić information content (AvgIpc) is 2.94. The van der Waals surface area contributed by atoms with Gasteiger partial charge in [-0.1, -0.05) is 30.3 Å². The van der Waals surface area contributed by atoms with Gasteiger partial charge in [-0.15, -0.1) is 12.4 Å². The number of nitrogens with one attached hydrogen (secondary N) is 2. The molecule has 0 saturated carbocycles. The molecule has 0 spiro atoms. The molecule has 2 atom stereocenters. The van der Waals surface area contributed by atoms with Crippen molar-refractivity contribution in [2.75, 3.05) is 19.7 Å². The summed E-state index contributed by atoms with van der Waals surface area (Å²) in [6.45, 7) is 2.50. The van der Waals surface area contributed by atoms with E-state index in [1.54, 1.807) is 0 Å². The summed E-state index contributed by atoms with van der Waals surface area (Å²) in [5, 5.41) is 15.2. The molecule has 2 rings (SSSR count). The molecule has 2 unspecified atom stereocenters. The van der Waals surface area contributed by atoms with Crippen LogP contribution in [0.5, 0.6) is 0 Å². The van der Waals surface area contributed by atoms with Gasteiger partial charge in [-0.3, -0.25) is 4.79 Å². The molecule has 6 heteroatoms. The molecule has 1 heterocycles. The number of benzene rings is 1. The number of rotatable bonds is 8. The Morgan fingerprint density at radius 1 is 1.32 bits per heavy atom. The third kappa shape index (κ3) is 6.75. The Balaban J connectivity index is 0.00000242. The predicted molar refractivity (Wildman–Crippen MR) is 88.0 cm³/mol. The van der Waals surface area contributed by atoms with Crippen LogP contribution >= 0.6 is 12.4 Å². The van der Waals surface area contributed by atoms with E-state index in [0.29, 0.717) is 32.7 Å². The van der Waals surface area contributed by atoms with Gasteiger partial charge in [0.15, 0.2) is 0 Å². The van der Waals surface area contributed by atoms with Crippen molar-refractivity contribution in [2.45, 2.75) is 38.0 Å². The van der Waals surface area contributed by atoms with E-state index in [9.17, 15) is 9.90 Å². The van der Waals surface area contributed by atoms with Crippen molar-refractivity contribution in [1.29, 1.82) is 0 Å². The van der Waals surface area contributed by atoms with Gasteiger partial charge in [-0.25, -0.2) is 0 Å². The fraction of sp³-hybridized carbons (Fsp3) is 0.562. The van der Waals surface area contributed by atoms with Crippen LogP contribution in [0.3, 0.4) is 0 Å². The number of β-amino-alcohol motifs (C(OH)–C–C–N with tert-alkyl or cyclic N) is 1. The Morgan fingerprint density at radius 3 is 2.77 bits per heavy atom. The van der Waals surface area contributed by atoms with Crippen LogP contribution in [0.25, 0.3) is 0 Å². The number of halogens is 1. The summed E-state index contributed by atoms with van der Waals surface area (Å²) in [6, 6.07) is 9.84. The van der Waals surface area contributed by atoms with E-state index < -0.39 is 6.10 Å². The second-order valence-corrected chi connectivity index (χ2v) is 5.39. The molecule has 0 aliphatic carbocycles. The Kier molecular flexibility index (Phi) is 9.08. The zero-order valence-corrected chi connectivity index (χ0v) is 13.5. The highest BCUT2D eigenvalue weighted by atomic mass is 35.5. The van der Waals surface area contributed by atoms with Crippen LogP contribution in [0.2, 0.25) is 0 Å². The summed E-state index contributed by atoms with van der Waals surface area (Å²) in [5.41, 5.74) is 1.18. The quantitative estimate of drug-likeness (QED) is 0.628. The summed E-state index contributed by atoms with van der Waals surface area (Å²) in [6.07, 6.45) is 1.93. The first-order valence-corrected chi connectivity index (χ1v) is 7.56. The van der Waals surface area contributed by atoms with Crippen molar-refractivity contribution < 1.29 is 14.6 Å². The van der Waals surface area contributed by atoms with E-state index in [1.165, 1.54) is 5.56 Å². The number of amides is 1. The van der Waals surface area contributed by atoms with Gasteiger partial charge < -0.3 is 20.5 Å². The van der Waals surface area contributed by atoms with Crippen LogP contribution in [-0.2, 0) is 16.1 Å². The van der Waals surface area contributed by atoms with Gasteiger partial charge in [0.25, 0.3) is 0 Å². The highest BCUT2D eigenvalue weighted by Gasteiger charge is 2.27. The van der Waals surface area contributed by atoms with E-state index >= 15 is 0 Å². The standard InChI is InChI=1S/C16H24N2O3.ClH/c19-14-10-15(18-11-14)16(20)17-8-4-5-9-21-12-13-6-2-1-3-7-13;/h1-3,6-7,14-15,18-19H,4-5,8-12H2,(H,17,20);1H. The molecule has 3 N–H and O–H groups in total. The van der Waals surface area contributed by atoms with E-state index in [0.717, 1.165) is 12.8 Å². The zero-order chi connectivity index (χ0) is 14.9. The maximum Gasteiger partial charge on any atom is 0.237 e. The largest absolute Gasteiger partial charge is 0.392 e. The molecule has 1 aromatic carbocycles. The van der Waals surface area contributed by atoms with Crippen molar-refractivity contribution in [3.63, 3.8) is 0 Å². The number of carbonyl (C=O) groups excluding carboxylic acids is 1. The Bertz CT molecular complexity index is 431. The second-order valence-electron chi connectivity index (χ2n) is 5.39. The first-order chi connectivity index (χ1) is 10.3. The molecule has 1 fully saturated rings. The van der Waals surface area contributed by atoms with Gasteiger partial charge in [0.2, 0.25) is 5.91 Å². The predicted octanol–water partition coefficient (Wildman–Crippen LogP) is 1.24. The number of hydrogen-bond acceptors (Lipinski definition) is 4. The molecular weight excluding hydrogens is 304 g/mol. The minimum Gasteiger partial charge on any atom is -0.392 e. The number of aliphatic hydroxyl groups excluding tert-OH is 1. The van der Waals surface area contributed by atoms with Crippen molar-refractivity contribution in [3.05, 3.63) is 35.9 Å². The SMILES string of the molecule is Cl.O=C(NCCCCOCc1ccccc1)C1CC(O)CN1. The maximum atomic E-state index is 11.7. The topological polar surface area (TPSA) is 70.6 Å². The van der Waals surface area contributed by atoms with E-state index in [1.807, 2.05) is 30.3 Å². The second kappa shape index (κ2) is 10.6. The van der Waals surface area contributed by atoms with Gasteiger partial charge >= 0.3 is 0 Å². The molecule has 0 bridgehead atoms. The first kappa shape index (κ1) is 18.9. The average molecular weight is 329 g/mol. The lowest BCUT2D eigenvalue weighted by Gasteiger charge is -2.11. The first-order valence-electron chi connectivity index (χ1n) is 7.56. The van der Waals surface area contributed by atoms with E-state index in [4.69, 9.17) is 4.74 Å². The van der Waals surface area contributed by atoms with E-state index in [-0.39, 0.29) is 24.4 Å². The monoisotopic (exact) mass is 328 g/mol. The molecular formula is C16H25ClN2O3. The molecule has 5 nitrogen and oxygen atoms in total. The molecule has 1 aliphatic heterocycles. The van der Waals surface area contributed by atoms with Gasteiger partial charge in [-0.05, 0) is 24.8 Å². The minimum atomic E-state index is -0.396. The molecule has 1 aliphatic rings. The lowest BCUT2D eigenvalue weighted by Crippen LogP contribution is -2.40. The van der Waals surface area contributed by atoms with Crippen LogP contribution in [0.15, 0.2) is 30.3 Å². The fourth-order valence-corrected chi connectivity index (χ4v) is 2.34. The van der Waals surface area contributed by atoms with Crippen LogP contribution in [-0.4, -0.2) is 42.9 Å². The van der Waals surface area contributed by atoms with Crippen LogP contribution in [0.4, 0.5) is 0 Å². The van der Waals surface area contributed by atoms with Gasteiger partial charge in [0.05, 0.1) is 18.8 Å². The lowest BCUT2D eigenvalue weighted by atomic mass is 10.2. The van der Waals surface area contributed by atoms with Gasteiger partial charge in [0.1, 0.15) is 0 Å². The number of aliphatic hydroxyl groups is 1. The fourth-order valence-electron chi connectivity index (χ4n) is 2.34. The third-order valence-electron chi connectivity index (χ3n) is 3.55. The molecule has 1 amide bonds. The summed E-state index contributed by atoms with van der Waals surface area (Å²) >= 11 is 0. The van der Waals surface area contributed by atoms with Crippen molar-refractivity contribution in [2.24, 2.45) is 0 Å². The van der Waals surface area contributed by atoms with Gasteiger partial charge in [-0.2, -0.15) is 0 Å². The van der Waals surface area contributed by atoms with Crippen LogP contribution < -0.4 is 10.6 Å². The van der Waals surface area contributed by atoms with Gasteiger partial charge in [0, 0.05) is 19.7 Å². The number of ether oxygens (including phenoxy) is 1. The number of carbonyl (C=O) groups is 1. The van der Waals surface area contributed by atoms with Crippen LogP contribution in [0.1, 0.15) is 24.8 Å². The summed E-state index contributed by atoms with van der Waals surface area (Å²) in [5.74, 6) is -0.0169. The molecule has 1 aromatic rings. The molecule has 124 valence electrons. The summed E-state index contributed by atoms with van der Waals surface area (Å²) < 4.78 is 5.58. The van der Waals surface area contributed by atoms with Crippen LogP contribution in [0, 0.1) is 0 Å². The molecule has 0 radical (unpaired) electrons. The van der Waals surface area contributed by atoms with Crippen molar-refractivity contribution in [1.82, 2.24) is 10.6 Å². The third-order valence-corrected chi connectivity index (χ3v) is 3.55. The minimum absolute atomic E-state index is 0.